The van der Waals surface area contributed by atoms with Crippen molar-refractivity contribution < 1.29 is 4.39 Å². The number of rotatable bonds is 4. The Morgan fingerprint density at radius 2 is 2.11 bits per heavy atom. The maximum atomic E-state index is 13.8. The smallest absolute Gasteiger partial charge is 0.127 e. The van der Waals surface area contributed by atoms with E-state index in [1.54, 1.807) is 12.1 Å². The first kappa shape index (κ1) is 14.5. The monoisotopic (exact) mass is 264 g/mol. The first-order valence-corrected chi connectivity index (χ1v) is 7.33. The minimum atomic E-state index is -0.227. The fourth-order valence-electron chi connectivity index (χ4n) is 2.96. The molecule has 3 unspecified atom stereocenters. The van der Waals surface area contributed by atoms with Gasteiger partial charge in [-0.1, -0.05) is 31.5 Å². The van der Waals surface area contributed by atoms with E-state index in [1.165, 1.54) is 25.3 Å². The third kappa shape index (κ3) is 3.54. The topological polar surface area (TPSA) is 29.3 Å². The van der Waals surface area contributed by atoms with Crippen molar-refractivity contribution >= 4 is 0 Å². The highest BCUT2D eigenvalue weighted by Gasteiger charge is 2.24. The fourth-order valence-corrected chi connectivity index (χ4v) is 2.96. The number of nitrogens with two attached hydrogens (primary N) is 1. The van der Waals surface area contributed by atoms with Gasteiger partial charge in [0.25, 0.3) is 0 Å². The van der Waals surface area contributed by atoms with Gasteiger partial charge in [-0.05, 0) is 38.3 Å². The average Bonchev–Trinajstić information content (AvgIpc) is 2.41. The van der Waals surface area contributed by atoms with Crippen LogP contribution in [0.4, 0.5) is 4.39 Å². The molecule has 19 heavy (non-hydrogen) atoms. The van der Waals surface area contributed by atoms with Crippen LogP contribution in [0.25, 0.3) is 0 Å². The van der Waals surface area contributed by atoms with Crippen molar-refractivity contribution in [1.82, 2.24) is 4.90 Å². The largest absolute Gasteiger partial charge is 0.324 e. The van der Waals surface area contributed by atoms with E-state index in [0.717, 1.165) is 13.1 Å². The molecule has 0 saturated carbocycles. The van der Waals surface area contributed by atoms with Crippen molar-refractivity contribution in [3.63, 3.8) is 0 Å². The second kappa shape index (κ2) is 6.49. The zero-order chi connectivity index (χ0) is 13.8. The Labute approximate surface area is 115 Å². The number of benzene rings is 1. The van der Waals surface area contributed by atoms with Gasteiger partial charge in [0.1, 0.15) is 5.82 Å². The number of hydrogen-bond donors (Lipinski definition) is 1. The first-order chi connectivity index (χ1) is 9.09. The molecule has 1 aliphatic heterocycles. The van der Waals surface area contributed by atoms with Crippen molar-refractivity contribution in [3.05, 3.63) is 35.6 Å². The summed E-state index contributed by atoms with van der Waals surface area (Å²) in [4.78, 5) is 2.49. The highest BCUT2D eigenvalue weighted by atomic mass is 19.1. The minimum absolute atomic E-state index is 0.187. The Morgan fingerprint density at radius 1 is 1.37 bits per heavy atom. The van der Waals surface area contributed by atoms with Crippen LogP contribution in [0.15, 0.2) is 24.3 Å². The summed E-state index contributed by atoms with van der Waals surface area (Å²) in [5.74, 6) is 0.0750. The Bertz CT molecular complexity index is 407. The van der Waals surface area contributed by atoms with Crippen molar-refractivity contribution in [1.29, 1.82) is 0 Å². The van der Waals surface area contributed by atoms with Crippen LogP contribution in [-0.2, 0) is 0 Å². The lowest BCUT2D eigenvalue weighted by atomic mass is 9.93. The molecule has 2 N–H and O–H groups in total. The van der Waals surface area contributed by atoms with Gasteiger partial charge in [0.15, 0.2) is 0 Å². The van der Waals surface area contributed by atoms with Crippen LogP contribution >= 0.6 is 0 Å². The fraction of sp³-hybridized carbons (Fsp3) is 0.625. The lowest BCUT2D eigenvalue weighted by Gasteiger charge is -2.36. The average molecular weight is 264 g/mol. The molecule has 0 aliphatic carbocycles. The normalized spacial score (nSPS) is 24.1. The van der Waals surface area contributed by atoms with E-state index >= 15 is 0 Å². The van der Waals surface area contributed by atoms with Crippen LogP contribution in [0.5, 0.6) is 0 Å². The van der Waals surface area contributed by atoms with E-state index in [9.17, 15) is 4.39 Å². The summed E-state index contributed by atoms with van der Waals surface area (Å²) in [5.41, 5.74) is 6.87. The molecule has 0 radical (unpaired) electrons. The SMILES string of the molecule is CC(CN1CCCCC1C)C(N)c1ccccc1F. The standard InChI is InChI=1S/C16H25FN2/c1-12(11-19-10-6-5-7-13(19)2)16(18)14-8-3-4-9-15(14)17/h3-4,8-9,12-13,16H,5-7,10-11,18H2,1-2H3. The second-order valence-electron chi connectivity index (χ2n) is 5.86. The van der Waals surface area contributed by atoms with Gasteiger partial charge in [-0.2, -0.15) is 0 Å². The molecule has 3 atom stereocenters. The van der Waals surface area contributed by atoms with Crippen LogP contribution in [0.3, 0.4) is 0 Å². The molecule has 1 aromatic carbocycles. The maximum absolute atomic E-state index is 13.8. The molecule has 1 saturated heterocycles. The van der Waals surface area contributed by atoms with E-state index in [0.29, 0.717) is 11.6 Å². The molecule has 106 valence electrons. The van der Waals surface area contributed by atoms with Gasteiger partial charge in [-0.15, -0.1) is 0 Å². The Balaban J connectivity index is 1.99. The molecule has 3 heteroatoms. The van der Waals surface area contributed by atoms with E-state index in [2.05, 4.69) is 18.7 Å². The van der Waals surface area contributed by atoms with Crippen LogP contribution in [-0.4, -0.2) is 24.0 Å². The van der Waals surface area contributed by atoms with Gasteiger partial charge < -0.3 is 10.6 Å². The van der Waals surface area contributed by atoms with E-state index in [4.69, 9.17) is 5.73 Å². The summed E-state index contributed by atoms with van der Waals surface area (Å²) in [5, 5.41) is 0. The van der Waals surface area contributed by atoms with Gasteiger partial charge in [0.05, 0.1) is 0 Å². The molecule has 1 heterocycles. The van der Waals surface area contributed by atoms with Crippen LogP contribution < -0.4 is 5.73 Å². The van der Waals surface area contributed by atoms with Crippen molar-refractivity contribution in [2.45, 2.75) is 45.2 Å². The maximum Gasteiger partial charge on any atom is 0.127 e. The predicted molar refractivity (Wildman–Crippen MR) is 77.4 cm³/mol. The zero-order valence-corrected chi connectivity index (χ0v) is 12.0. The molecular formula is C16H25FN2. The first-order valence-electron chi connectivity index (χ1n) is 7.33. The summed E-state index contributed by atoms with van der Waals surface area (Å²) in [7, 11) is 0. The van der Waals surface area contributed by atoms with E-state index in [1.807, 2.05) is 6.07 Å². The van der Waals surface area contributed by atoms with Gasteiger partial charge in [-0.3, -0.25) is 0 Å². The highest BCUT2D eigenvalue weighted by Crippen LogP contribution is 2.25. The van der Waals surface area contributed by atoms with E-state index < -0.39 is 0 Å². The van der Waals surface area contributed by atoms with Crippen molar-refractivity contribution in [2.24, 2.45) is 11.7 Å². The van der Waals surface area contributed by atoms with E-state index in [-0.39, 0.29) is 17.8 Å². The van der Waals surface area contributed by atoms with Gasteiger partial charge in [0.2, 0.25) is 0 Å². The lowest BCUT2D eigenvalue weighted by molar-refractivity contribution is 0.132. The van der Waals surface area contributed by atoms with Gasteiger partial charge >= 0.3 is 0 Å². The van der Waals surface area contributed by atoms with Gasteiger partial charge in [-0.25, -0.2) is 4.39 Å². The highest BCUT2D eigenvalue weighted by molar-refractivity contribution is 5.21. The Morgan fingerprint density at radius 3 is 2.79 bits per heavy atom. The van der Waals surface area contributed by atoms with Crippen molar-refractivity contribution in [3.8, 4) is 0 Å². The third-order valence-electron chi connectivity index (χ3n) is 4.34. The molecule has 0 aromatic heterocycles. The molecule has 1 aliphatic rings. The van der Waals surface area contributed by atoms with Crippen LogP contribution in [0, 0.1) is 11.7 Å². The Hall–Kier alpha value is -0.930. The minimum Gasteiger partial charge on any atom is -0.324 e. The molecule has 0 spiro atoms. The summed E-state index contributed by atoms with van der Waals surface area (Å²) < 4.78 is 13.8. The molecule has 0 bridgehead atoms. The number of halogens is 1. The quantitative estimate of drug-likeness (QED) is 0.903. The Kier molecular flexibility index (Phi) is 4.94. The summed E-state index contributed by atoms with van der Waals surface area (Å²) in [6.45, 7) is 6.51. The number of hydrogen-bond acceptors (Lipinski definition) is 2. The molecule has 0 amide bonds. The van der Waals surface area contributed by atoms with Gasteiger partial charge in [0, 0.05) is 24.2 Å². The predicted octanol–water partition coefficient (Wildman–Crippen LogP) is 3.34. The van der Waals surface area contributed by atoms with Crippen LogP contribution in [0.2, 0.25) is 0 Å². The molecule has 2 nitrogen and oxygen atoms in total. The molecule has 2 rings (SSSR count). The summed E-state index contributed by atoms with van der Waals surface area (Å²) in [6.07, 6.45) is 3.86. The summed E-state index contributed by atoms with van der Waals surface area (Å²) >= 11 is 0. The van der Waals surface area contributed by atoms with Crippen LogP contribution in [0.1, 0.15) is 44.7 Å². The second-order valence-corrected chi connectivity index (χ2v) is 5.86. The number of likely N-dealkylation sites (tertiary alicyclic amines) is 1. The molecular weight excluding hydrogens is 239 g/mol. The number of piperidine rings is 1. The summed E-state index contributed by atoms with van der Waals surface area (Å²) in [6, 6.07) is 7.26. The third-order valence-corrected chi connectivity index (χ3v) is 4.34. The zero-order valence-electron chi connectivity index (χ0n) is 12.0. The molecule has 1 fully saturated rings. The van der Waals surface area contributed by atoms with Crippen molar-refractivity contribution in [2.75, 3.05) is 13.1 Å². The molecule has 1 aromatic rings. The number of nitrogens with zero attached hydrogens (tertiary/aromatic N) is 1. The lowest BCUT2D eigenvalue weighted by Crippen LogP contribution is -2.42.